The number of rotatable bonds is 10. The van der Waals surface area contributed by atoms with E-state index >= 15 is 0 Å². The summed E-state index contributed by atoms with van der Waals surface area (Å²) in [5, 5.41) is 3.50. The van der Waals surface area contributed by atoms with Gasteiger partial charge in [0.15, 0.2) is 0 Å². The van der Waals surface area contributed by atoms with Gasteiger partial charge >= 0.3 is 0 Å². The zero-order valence-electron chi connectivity index (χ0n) is 14.4. The Balaban J connectivity index is 2.89. The van der Waals surface area contributed by atoms with Crippen molar-refractivity contribution in [2.75, 3.05) is 45.2 Å². The van der Waals surface area contributed by atoms with Crippen molar-refractivity contribution < 1.29 is 0 Å². The Morgan fingerprint density at radius 2 is 1.86 bits per heavy atom. The van der Waals surface area contributed by atoms with Gasteiger partial charge < -0.3 is 15.1 Å². The standard InChI is InChI=1S/C17H32N4/c1-6-8-18-13-16-14-19-15(3)12-17(16)21(9-7-2)11-10-20(4)5/h12,14,18H,6-11,13H2,1-5H3. The number of anilines is 1. The first kappa shape index (κ1) is 17.9. The van der Waals surface area contributed by atoms with Crippen molar-refractivity contribution in [3.8, 4) is 0 Å². The van der Waals surface area contributed by atoms with E-state index in [1.807, 2.05) is 6.20 Å². The number of pyridine rings is 1. The minimum absolute atomic E-state index is 0.901. The number of nitrogens with one attached hydrogen (secondary N) is 1. The number of aromatic nitrogens is 1. The van der Waals surface area contributed by atoms with Gasteiger partial charge in [-0.2, -0.15) is 0 Å². The topological polar surface area (TPSA) is 31.4 Å². The van der Waals surface area contributed by atoms with Gasteiger partial charge in [0.1, 0.15) is 0 Å². The SMILES string of the molecule is CCCNCc1cnc(C)cc1N(CCC)CCN(C)C. The van der Waals surface area contributed by atoms with Gasteiger partial charge in [-0.25, -0.2) is 0 Å². The predicted octanol–water partition coefficient (Wildman–Crippen LogP) is 2.67. The van der Waals surface area contributed by atoms with Crippen LogP contribution in [0.4, 0.5) is 5.69 Å². The second-order valence-electron chi connectivity index (χ2n) is 5.92. The van der Waals surface area contributed by atoms with Gasteiger partial charge in [0.25, 0.3) is 0 Å². The highest BCUT2D eigenvalue weighted by molar-refractivity contribution is 5.53. The van der Waals surface area contributed by atoms with Gasteiger partial charge in [-0.05, 0) is 46.5 Å². The molecule has 0 bridgehead atoms. The monoisotopic (exact) mass is 292 g/mol. The fourth-order valence-electron chi connectivity index (χ4n) is 2.35. The summed E-state index contributed by atoms with van der Waals surface area (Å²) in [6.45, 7) is 11.7. The third-order valence-electron chi connectivity index (χ3n) is 3.49. The smallest absolute Gasteiger partial charge is 0.0445 e. The molecule has 0 unspecified atom stereocenters. The molecule has 0 aliphatic heterocycles. The lowest BCUT2D eigenvalue weighted by molar-refractivity contribution is 0.412. The van der Waals surface area contributed by atoms with E-state index < -0.39 is 0 Å². The largest absolute Gasteiger partial charge is 0.370 e. The van der Waals surface area contributed by atoms with Crippen LogP contribution in [0, 0.1) is 6.92 Å². The Hall–Kier alpha value is -1.13. The summed E-state index contributed by atoms with van der Waals surface area (Å²) in [6.07, 6.45) is 4.36. The highest BCUT2D eigenvalue weighted by atomic mass is 15.2. The molecule has 0 amide bonds. The highest BCUT2D eigenvalue weighted by Crippen LogP contribution is 2.21. The van der Waals surface area contributed by atoms with Crippen LogP contribution in [-0.2, 0) is 6.54 Å². The maximum Gasteiger partial charge on any atom is 0.0445 e. The van der Waals surface area contributed by atoms with Gasteiger partial charge in [-0.1, -0.05) is 13.8 Å². The van der Waals surface area contributed by atoms with Crippen molar-refractivity contribution >= 4 is 5.69 Å². The van der Waals surface area contributed by atoms with Crippen molar-refractivity contribution in [3.63, 3.8) is 0 Å². The zero-order chi connectivity index (χ0) is 15.7. The Labute approximate surface area is 130 Å². The maximum absolute atomic E-state index is 4.48. The van der Waals surface area contributed by atoms with Gasteiger partial charge in [-0.3, -0.25) is 4.98 Å². The second-order valence-corrected chi connectivity index (χ2v) is 5.92. The average molecular weight is 292 g/mol. The minimum atomic E-state index is 0.901. The molecule has 1 rings (SSSR count). The fourth-order valence-corrected chi connectivity index (χ4v) is 2.35. The van der Waals surface area contributed by atoms with Crippen molar-refractivity contribution in [1.29, 1.82) is 0 Å². The fraction of sp³-hybridized carbons (Fsp3) is 0.706. The van der Waals surface area contributed by atoms with Crippen LogP contribution in [0.15, 0.2) is 12.3 Å². The van der Waals surface area contributed by atoms with Crippen molar-refractivity contribution in [1.82, 2.24) is 15.2 Å². The predicted molar refractivity (Wildman–Crippen MR) is 92.0 cm³/mol. The first-order valence-corrected chi connectivity index (χ1v) is 8.14. The van der Waals surface area contributed by atoms with E-state index in [4.69, 9.17) is 0 Å². The molecule has 120 valence electrons. The molecule has 0 aliphatic carbocycles. The van der Waals surface area contributed by atoms with E-state index in [1.165, 1.54) is 11.3 Å². The molecule has 0 atom stereocenters. The van der Waals surface area contributed by atoms with Crippen LogP contribution in [0.2, 0.25) is 0 Å². The first-order valence-electron chi connectivity index (χ1n) is 8.14. The number of likely N-dealkylation sites (N-methyl/N-ethyl adjacent to an activating group) is 1. The molecule has 1 aromatic rings. The molecule has 0 aromatic carbocycles. The number of nitrogens with zero attached hydrogens (tertiary/aromatic N) is 3. The Kier molecular flexibility index (Phi) is 8.31. The summed E-state index contributed by atoms with van der Waals surface area (Å²) in [5.41, 5.74) is 3.74. The second kappa shape index (κ2) is 9.74. The van der Waals surface area contributed by atoms with Crippen LogP contribution in [-0.4, -0.2) is 50.2 Å². The lowest BCUT2D eigenvalue weighted by Gasteiger charge is -2.28. The van der Waals surface area contributed by atoms with Crippen LogP contribution in [0.5, 0.6) is 0 Å². The third kappa shape index (κ3) is 6.44. The summed E-state index contributed by atoms with van der Waals surface area (Å²) < 4.78 is 0. The molecule has 0 saturated carbocycles. The first-order chi connectivity index (χ1) is 10.1. The number of hydrogen-bond donors (Lipinski definition) is 1. The quantitative estimate of drug-likeness (QED) is 0.672. The Morgan fingerprint density at radius 1 is 1.10 bits per heavy atom. The number of hydrogen-bond acceptors (Lipinski definition) is 4. The molecule has 0 saturated heterocycles. The van der Waals surface area contributed by atoms with Crippen LogP contribution >= 0.6 is 0 Å². The van der Waals surface area contributed by atoms with Crippen LogP contribution in [0.25, 0.3) is 0 Å². The molecule has 0 radical (unpaired) electrons. The molecule has 4 heteroatoms. The van der Waals surface area contributed by atoms with Gasteiger partial charge in [0.2, 0.25) is 0 Å². The molecule has 0 spiro atoms. The summed E-state index contributed by atoms with van der Waals surface area (Å²) in [5.74, 6) is 0. The van der Waals surface area contributed by atoms with E-state index in [9.17, 15) is 0 Å². The van der Waals surface area contributed by atoms with Crippen LogP contribution < -0.4 is 10.2 Å². The van der Waals surface area contributed by atoms with E-state index in [0.717, 1.165) is 51.3 Å². The van der Waals surface area contributed by atoms with E-state index in [1.54, 1.807) is 0 Å². The summed E-state index contributed by atoms with van der Waals surface area (Å²) in [6, 6.07) is 2.23. The lowest BCUT2D eigenvalue weighted by atomic mass is 10.1. The van der Waals surface area contributed by atoms with Crippen LogP contribution in [0.1, 0.15) is 37.9 Å². The lowest BCUT2D eigenvalue weighted by Crippen LogP contribution is -2.33. The molecular weight excluding hydrogens is 260 g/mol. The van der Waals surface area contributed by atoms with E-state index in [0.29, 0.717) is 0 Å². The minimum Gasteiger partial charge on any atom is -0.370 e. The molecule has 0 fully saturated rings. The summed E-state index contributed by atoms with van der Waals surface area (Å²) in [4.78, 5) is 9.22. The highest BCUT2D eigenvalue weighted by Gasteiger charge is 2.12. The molecule has 0 aliphatic rings. The third-order valence-corrected chi connectivity index (χ3v) is 3.49. The number of aryl methyl sites for hydroxylation is 1. The molecule has 4 nitrogen and oxygen atoms in total. The molecular formula is C17H32N4. The molecule has 1 aromatic heterocycles. The Morgan fingerprint density at radius 3 is 2.48 bits per heavy atom. The molecule has 1 N–H and O–H groups in total. The Bertz CT molecular complexity index is 404. The van der Waals surface area contributed by atoms with E-state index in [2.05, 4.69) is 61.0 Å². The average Bonchev–Trinajstić information content (AvgIpc) is 2.45. The van der Waals surface area contributed by atoms with Gasteiger partial charge in [0, 0.05) is 49.3 Å². The maximum atomic E-state index is 4.48. The normalized spacial score (nSPS) is 11.1. The summed E-state index contributed by atoms with van der Waals surface area (Å²) >= 11 is 0. The van der Waals surface area contributed by atoms with Gasteiger partial charge in [-0.15, -0.1) is 0 Å². The molecule has 21 heavy (non-hydrogen) atoms. The van der Waals surface area contributed by atoms with Gasteiger partial charge in [0.05, 0.1) is 0 Å². The van der Waals surface area contributed by atoms with Crippen molar-refractivity contribution in [3.05, 3.63) is 23.5 Å². The van der Waals surface area contributed by atoms with E-state index in [-0.39, 0.29) is 0 Å². The van der Waals surface area contributed by atoms with Crippen LogP contribution in [0.3, 0.4) is 0 Å². The summed E-state index contributed by atoms with van der Waals surface area (Å²) in [7, 11) is 4.26. The van der Waals surface area contributed by atoms with Crippen molar-refractivity contribution in [2.24, 2.45) is 0 Å². The molecule has 1 heterocycles. The van der Waals surface area contributed by atoms with Crippen molar-refractivity contribution in [2.45, 2.75) is 40.2 Å². The zero-order valence-corrected chi connectivity index (χ0v) is 14.4.